The molecule has 0 saturated heterocycles. The van der Waals surface area contributed by atoms with Crippen molar-refractivity contribution in [2.75, 3.05) is 4.72 Å². The average molecular weight is 326 g/mol. The molecule has 3 rings (SSSR count). The Morgan fingerprint density at radius 2 is 2.29 bits per heavy atom. The Balaban J connectivity index is 1.68. The summed E-state index contributed by atoms with van der Waals surface area (Å²) in [6.45, 7) is 3.38. The molecule has 2 heterocycles. The van der Waals surface area contributed by atoms with E-state index in [-0.39, 0.29) is 0 Å². The van der Waals surface area contributed by atoms with Gasteiger partial charge in [-0.2, -0.15) is 5.10 Å². The molecule has 0 bridgehead atoms. The molecule has 0 spiro atoms. The van der Waals surface area contributed by atoms with Gasteiger partial charge < -0.3 is 5.32 Å². The van der Waals surface area contributed by atoms with E-state index in [1.54, 1.807) is 16.9 Å². The number of aromatic nitrogens is 2. The number of sulfonamides is 1. The summed E-state index contributed by atoms with van der Waals surface area (Å²) < 4.78 is 29.2. The van der Waals surface area contributed by atoms with Crippen LogP contribution in [0.4, 0.5) is 5.69 Å². The molecule has 2 aromatic heterocycles. The summed E-state index contributed by atoms with van der Waals surface area (Å²) >= 11 is 1.24. The molecule has 1 aliphatic rings. The smallest absolute Gasteiger partial charge is 0.271 e. The summed E-state index contributed by atoms with van der Waals surface area (Å²) in [5.41, 5.74) is 1.50. The minimum Gasteiger partial charge on any atom is -0.310 e. The van der Waals surface area contributed by atoms with Gasteiger partial charge in [-0.3, -0.25) is 9.40 Å². The van der Waals surface area contributed by atoms with Crippen molar-refractivity contribution >= 4 is 27.0 Å². The van der Waals surface area contributed by atoms with Gasteiger partial charge in [-0.1, -0.05) is 0 Å². The first kappa shape index (κ1) is 14.6. The topological polar surface area (TPSA) is 76.0 Å². The van der Waals surface area contributed by atoms with Gasteiger partial charge in [0.15, 0.2) is 0 Å². The summed E-state index contributed by atoms with van der Waals surface area (Å²) in [4.78, 5) is 0. The fourth-order valence-corrected chi connectivity index (χ4v) is 4.17. The van der Waals surface area contributed by atoms with Crippen LogP contribution >= 0.6 is 11.3 Å². The molecule has 21 heavy (non-hydrogen) atoms. The third kappa shape index (κ3) is 3.63. The SMILES string of the molecule is CCn1cc(NS(=O)(=O)c2cc(CNC3CC3)cs2)cn1. The molecule has 114 valence electrons. The number of nitrogens with one attached hydrogen (secondary N) is 2. The molecule has 1 aliphatic carbocycles. The first-order chi connectivity index (χ1) is 10.1. The Labute approximate surface area is 128 Å². The van der Waals surface area contributed by atoms with Crippen LogP contribution in [0.2, 0.25) is 0 Å². The molecular formula is C13H18N4O2S2. The highest BCUT2D eigenvalue weighted by molar-refractivity contribution is 7.94. The zero-order chi connectivity index (χ0) is 14.9. The third-order valence-electron chi connectivity index (χ3n) is 3.28. The first-order valence-corrected chi connectivity index (χ1v) is 9.29. The Morgan fingerprint density at radius 3 is 2.95 bits per heavy atom. The minimum absolute atomic E-state index is 0.333. The van der Waals surface area contributed by atoms with E-state index in [1.165, 1.54) is 30.4 Å². The van der Waals surface area contributed by atoms with Gasteiger partial charge in [0.1, 0.15) is 4.21 Å². The van der Waals surface area contributed by atoms with Gasteiger partial charge in [0.2, 0.25) is 0 Å². The second kappa shape index (κ2) is 5.78. The molecule has 0 amide bonds. The molecule has 0 aliphatic heterocycles. The highest BCUT2D eigenvalue weighted by Crippen LogP contribution is 2.24. The highest BCUT2D eigenvalue weighted by atomic mass is 32.2. The van der Waals surface area contributed by atoms with Crippen molar-refractivity contribution in [1.82, 2.24) is 15.1 Å². The van der Waals surface area contributed by atoms with Gasteiger partial charge in [0.05, 0.1) is 11.9 Å². The van der Waals surface area contributed by atoms with E-state index in [1.807, 2.05) is 12.3 Å². The lowest BCUT2D eigenvalue weighted by atomic mass is 10.3. The van der Waals surface area contributed by atoms with Crippen molar-refractivity contribution < 1.29 is 8.42 Å². The molecule has 1 fully saturated rings. The Bertz CT molecular complexity index is 716. The van der Waals surface area contributed by atoms with Crippen LogP contribution in [0.1, 0.15) is 25.3 Å². The second-order valence-electron chi connectivity index (χ2n) is 5.12. The van der Waals surface area contributed by atoms with Crippen LogP contribution < -0.4 is 10.0 Å². The first-order valence-electron chi connectivity index (χ1n) is 6.93. The lowest BCUT2D eigenvalue weighted by molar-refractivity contribution is 0.603. The van der Waals surface area contributed by atoms with Crippen LogP contribution in [0.15, 0.2) is 28.0 Å². The summed E-state index contributed by atoms with van der Waals surface area (Å²) in [5.74, 6) is 0. The van der Waals surface area contributed by atoms with Gasteiger partial charge in [-0.05, 0) is 36.8 Å². The van der Waals surface area contributed by atoms with Crippen LogP contribution in [-0.2, 0) is 23.1 Å². The van der Waals surface area contributed by atoms with Crippen molar-refractivity contribution in [1.29, 1.82) is 0 Å². The molecule has 8 heteroatoms. The van der Waals surface area contributed by atoms with E-state index in [9.17, 15) is 8.42 Å². The zero-order valence-electron chi connectivity index (χ0n) is 11.7. The maximum absolute atomic E-state index is 12.3. The molecule has 0 unspecified atom stereocenters. The van der Waals surface area contributed by atoms with Crippen molar-refractivity contribution in [3.63, 3.8) is 0 Å². The number of anilines is 1. The molecule has 0 aromatic carbocycles. The van der Waals surface area contributed by atoms with Crippen molar-refractivity contribution in [3.8, 4) is 0 Å². The van der Waals surface area contributed by atoms with Crippen LogP contribution in [0.25, 0.3) is 0 Å². The minimum atomic E-state index is -3.52. The fraction of sp³-hybridized carbons (Fsp3) is 0.462. The molecule has 0 radical (unpaired) electrons. The molecule has 6 nitrogen and oxygen atoms in total. The van der Waals surface area contributed by atoms with Crippen molar-refractivity contribution in [2.24, 2.45) is 0 Å². The largest absolute Gasteiger partial charge is 0.310 e. The molecular weight excluding hydrogens is 308 g/mol. The predicted octanol–water partition coefficient (Wildman–Crippen LogP) is 2.02. The quantitative estimate of drug-likeness (QED) is 0.816. The van der Waals surface area contributed by atoms with E-state index >= 15 is 0 Å². The second-order valence-corrected chi connectivity index (χ2v) is 7.94. The lowest BCUT2D eigenvalue weighted by Crippen LogP contribution is -2.15. The highest BCUT2D eigenvalue weighted by Gasteiger charge is 2.21. The normalized spacial score (nSPS) is 15.3. The standard InChI is InChI=1S/C13H18N4O2S2/c1-2-17-8-12(7-15-17)16-21(18,19)13-5-10(9-20-13)6-14-11-3-4-11/h5,7-9,11,14,16H,2-4,6H2,1H3. The van der Waals surface area contributed by atoms with Crippen LogP contribution in [0.5, 0.6) is 0 Å². The van der Waals surface area contributed by atoms with E-state index < -0.39 is 10.0 Å². The summed E-state index contributed by atoms with van der Waals surface area (Å²) in [6.07, 6.45) is 5.64. The van der Waals surface area contributed by atoms with E-state index in [4.69, 9.17) is 0 Å². The summed E-state index contributed by atoms with van der Waals surface area (Å²) in [5, 5.41) is 9.32. The number of nitrogens with zero attached hydrogens (tertiary/aromatic N) is 2. The summed E-state index contributed by atoms with van der Waals surface area (Å²) in [6, 6.07) is 2.34. The van der Waals surface area contributed by atoms with Crippen LogP contribution in [0.3, 0.4) is 0 Å². The number of hydrogen-bond donors (Lipinski definition) is 2. The number of aryl methyl sites for hydroxylation is 1. The maximum atomic E-state index is 12.3. The van der Waals surface area contributed by atoms with Gasteiger partial charge in [-0.15, -0.1) is 11.3 Å². The van der Waals surface area contributed by atoms with E-state index in [0.717, 1.165) is 12.1 Å². The van der Waals surface area contributed by atoms with Crippen molar-refractivity contribution in [2.45, 2.75) is 43.1 Å². The average Bonchev–Trinajstić information content (AvgIpc) is 2.98. The molecule has 0 atom stereocenters. The number of rotatable bonds is 7. The third-order valence-corrected chi connectivity index (χ3v) is 6.15. The van der Waals surface area contributed by atoms with Crippen LogP contribution in [-0.4, -0.2) is 24.2 Å². The lowest BCUT2D eigenvalue weighted by Gasteiger charge is -2.03. The van der Waals surface area contributed by atoms with Gasteiger partial charge >= 0.3 is 0 Å². The molecule has 2 N–H and O–H groups in total. The Kier molecular flexibility index (Phi) is 4.01. The predicted molar refractivity (Wildman–Crippen MR) is 82.9 cm³/mol. The van der Waals surface area contributed by atoms with Gasteiger partial charge in [0, 0.05) is 25.3 Å². The monoisotopic (exact) mass is 326 g/mol. The Hall–Kier alpha value is -1.38. The van der Waals surface area contributed by atoms with Gasteiger partial charge in [-0.25, -0.2) is 8.42 Å². The van der Waals surface area contributed by atoms with E-state index in [0.29, 0.717) is 22.5 Å². The summed E-state index contributed by atoms with van der Waals surface area (Å²) in [7, 11) is -3.52. The molecule has 1 saturated carbocycles. The van der Waals surface area contributed by atoms with Crippen LogP contribution in [0, 0.1) is 0 Å². The van der Waals surface area contributed by atoms with Gasteiger partial charge in [0.25, 0.3) is 10.0 Å². The number of thiophene rings is 1. The molecule has 2 aromatic rings. The fourth-order valence-electron chi connectivity index (χ4n) is 1.93. The number of hydrogen-bond acceptors (Lipinski definition) is 5. The maximum Gasteiger partial charge on any atom is 0.271 e. The van der Waals surface area contributed by atoms with E-state index in [2.05, 4.69) is 15.1 Å². The Morgan fingerprint density at radius 1 is 1.48 bits per heavy atom. The zero-order valence-corrected chi connectivity index (χ0v) is 13.4. The van der Waals surface area contributed by atoms with Crippen molar-refractivity contribution in [3.05, 3.63) is 29.4 Å².